The van der Waals surface area contributed by atoms with Gasteiger partial charge in [-0.1, -0.05) is 23.1 Å². The number of likely N-dealkylation sites (N-methyl/N-ethyl adjacent to an activating group) is 1. The summed E-state index contributed by atoms with van der Waals surface area (Å²) in [4.78, 5) is 12.1. The summed E-state index contributed by atoms with van der Waals surface area (Å²) < 4.78 is 6.17. The molecule has 1 aromatic heterocycles. The molecule has 1 aromatic rings. The number of nitrogens with zero attached hydrogens (tertiary/aromatic N) is 2. The second kappa shape index (κ2) is 6.19. The van der Waals surface area contributed by atoms with Crippen LogP contribution in [0.1, 0.15) is 31.2 Å². The molecule has 2 atom stereocenters. The third-order valence-corrected chi connectivity index (χ3v) is 5.58. The Labute approximate surface area is 121 Å². The van der Waals surface area contributed by atoms with Crippen molar-refractivity contribution in [1.82, 2.24) is 15.5 Å². The molecule has 7 heteroatoms. The van der Waals surface area contributed by atoms with Crippen molar-refractivity contribution in [3.8, 4) is 0 Å². The van der Waals surface area contributed by atoms with E-state index in [0.717, 1.165) is 28.6 Å². The molecular weight excluding hydrogens is 282 g/mol. The summed E-state index contributed by atoms with van der Waals surface area (Å²) in [5.41, 5.74) is -0.520. The molecule has 0 saturated heterocycles. The van der Waals surface area contributed by atoms with Gasteiger partial charge in [-0.25, -0.2) is 0 Å². The van der Waals surface area contributed by atoms with Crippen LogP contribution in [0.25, 0.3) is 0 Å². The highest BCUT2D eigenvalue weighted by Crippen LogP contribution is 2.41. The Morgan fingerprint density at radius 2 is 2.42 bits per heavy atom. The molecule has 0 amide bonds. The van der Waals surface area contributed by atoms with Crippen LogP contribution in [0.5, 0.6) is 0 Å². The van der Waals surface area contributed by atoms with Crippen LogP contribution >= 0.6 is 23.1 Å². The fourth-order valence-corrected chi connectivity index (χ4v) is 4.71. The predicted molar refractivity (Wildman–Crippen MR) is 76.6 cm³/mol. The number of aromatic nitrogens is 2. The second-order valence-electron chi connectivity index (χ2n) is 4.62. The van der Waals surface area contributed by atoms with Crippen molar-refractivity contribution in [2.24, 2.45) is 0 Å². The molecule has 1 aliphatic carbocycles. The number of hydrogen-bond donors (Lipinski definition) is 1. The van der Waals surface area contributed by atoms with Crippen LogP contribution in [-0.4, -0.2) is 40.6 Å². The molecule has 106 valence electrons. The van der Waals surface area contributed by atoms with Crippen molar-refractivity contribution in [3.63, 3.8) is 0 Å². The highest BCUT2D eigenvalue weighted by atomic mass is 32.2. The van der Waals surface area contributed by atoms with E-state index in [9.17, 15) is 4.79 Å². The Kier molecular flexibility index (Phi) is 4.81. The maximum absolute atomic E-state index is 12.1. The lowest BCUT2D eigenvalue weighted by Gasteiger charge is -2.26. The van der Waals surface area contributed by atoms with Crippen LogP contribution in [0.4, 0.5) is 0 Å². The summed E-state index contributed by atoms with van der Waals surface area (Å²) in [6, 6.07) is 0. The summed E-state index contributed by atoms with van der Waals surface area (Å²) in [5.74, 6) is -0.131. The van der Waals surface area contributed by atoms with E-state index >= 15 is 0 Å². The van der Waals surface area contributed by atoms with E-state index in [0.29, 0.717) is 11.9 Å². The fourth-order valence-electron chi connectivity index (χ4n) is 2.35. The van der Waals surface area contributed by atoms with Gasteiger partial charge in [-0.3, -0.25) is 4.79 Å². The number of hydrogen-bond acceptors (Lipinski definition) is 7. The van der Waals surface area contributed by atoms with Crippen molar-refractivity contribution in [1.29, 1.82) is 0 Å². The molecule has 1 N–H and O–H groups in total. The summed E-state index contributed by atoms with van der Waals surface area (Å²) >= 11 is 3.33. The van der Waals surface area contributed by atoms with Crippen LogP contribution in [0.3, 0.4) is 0 Å². The van der Waals surface area contributed by atoms with E-state index in [1.807, 2.05) is 20.9 Å². The first kappa shape index (κ1) is 14.7. The number of rotatable bonds is 5. The van der Waals surface area contributed by atoms with Gasteiger partial charge in [-0.05, 0) is 40.2 Å². The van der Waals surface area contributed by atoms with Gasteiger partial charge in [0.25, 0.3) is 0 Å². The number of carbonyl (C=O) groups excluding carboxylic acids is 1. The molecule has 19 heavy (non-hydrogen) atoms. The Morgan fingerprint density at radius 1 is 1.63 bits per heavy atom. The summed E-state index contributed by atoms with van der Waals surface area (Å²) in [5, 5.41) is 12.7. The summed E-state index contributed by atoms with van der Waals surface area (Å²) in [7, 11) is 1.83. The van der Waals surface area contributed by atoms with Gasteiger partial charge in [-0.2, -0.15) is 0 Å². The van der Waals surface area contributed by atoms with Crippen LogP contribution in [0.2, 0.25) is 0 Å². The average Bonchev–Trinajstić information content (AvgIpc) is 2.98. The lowest BCUT2D eigenvalue weighted by molar-refractivity contribution is -0.150. The Bertz CT molecular complexity index is 452. The molecular formula is C12H19N3O2S2. The standard InChI is InChI=1S/C12H19N3O2S2/c1-4-17-10(16)12(13-3)6-5-9(7-12)19-11-15-14-8(2)18-11/h9,13H,4-7H2,1-3H3. The number of aryl methyl sites for hydroxylation is 1. The molecule has 1 saturated carbocycles. The molecule has 1 heterocycles. The highest BCUT2D eigenvalue weighted by molar-refractivity contribution is 8.01. The molecule has 0 aliphatic heterocycles. The first-order chi connectivity index (χ1) is 9.09. The van der Waals surface area contributed by atoms with Gasteiger partial charge >= 0.3 is 5.97 Å². The zero-order valence-electron chi connectivity index (χ0n) is 11.4. The number of thioether (sulfide) groups is 1. The van der Waals surface area contributed by atoms with Crippen LogP contribution in [0, 0.1) is 6.92 Å². The molecule has 0 radical (unpaired) electrons. The van der Waals surface area contributed by atoms with Gasteiger partial charge in [0.15, 0.2) is 4.34 Å². The van der Waals surface area contributed by atoms with E-state index in [1.54, 1.807) is 23.1 Å². The van der Waals surface area contributed by atoms with Crippen molar-refractivity contribution in [2.75, 3.05) is 13.7 Å². The van der Waals surface area contributed by atoms with Gasteiger partial charge in [0.2, 0.25) is 0 Å². The van der Waals surface area contributed by atoms with Crippen molar-refractivity contribution < 1.29 is 9.53 Å². The second-order valence-corrected chi connectivity index (χ2v) is 7.35. The van der Waals surface area contributed by atoms with E-state index < -0.39 is 5.54 Å². The third kappa shape index (κ3) is 3.27. The lowest BCUT2D eigenvalue weighted by atomic mass is 9.98. The molecule has 2 rings (SSSR count). The van der Waals surface area contributed by atoms with Crippen LogP contribution in [0.15, 0.2) is 4.34 Å². The van der Waals surface area contributed by atoms with Gasteiger partial charge in [0.1, 0.15) is 10.5 Å². The van der Waals surface area contributed by atoms with Gasteiger partial charge in [-0.15, -0.1) is 10.2 Å². The monoisotopic (exact) mass is 301 g/mol. The van der Waals surface area contributed by atoms with Crippen molar-refractivity contribution in [3.05, 3.63) is 5.01 Å². The minimum atomic E-state index is -0.520. The first-order valence-electron chi connectivity index (χ1n) is 6.42. The highest BCUT2D eigenvalue weighted by Gasteiger charge is 2.45. The largest absolute Gasteiger partial charge is 0.465 e. The molecule has 0 bridgehead atoms. The van der Waals surface area contributed by atoms with E-state index in [2.05, 4.69) is 15.5 Å². The zero-order chi connectivity index (χ0) is 13.9. The number of nitrogens with one attached hydrogen (secondary N) is 1. The Hall–Kier alpha value is -0.660. The van der Waals surface area contributed by atoms with E-state index in [1.165, 1.54) is 0 Å². The van der Waals surface area contributed by atoms with Crippen molar-refractivity contribution in [2.45, 2.75) is 48.2 Å². The molecule has 0 aromatic carbocycles. The number of esters is 1. The van der Waals surface area contributed by atoms with Gasteiger partial charge < -0.3 is 10.1 Å². The molecule has 2 unspecified atom stereocenters. The zero-order valence-corrected chi connectivity index (χ0v) is 13.1. The quantitative estimate of drug-likeness (QED) is 0.839. The third-order valence-electron chi connectivity index (χ3n) is 3.39. The molecule has 0 spiro atoms. The van der Waals surface area contributed by atoms with Gasteiger partial charge in [0, 0.05) is 5.25 Å². The SMILES string of the molecule is CCOC(=O)C1(NC)CCC(Sc2nnc(C)s2)C1. The lowest BCUT2D eigenvalue weighted by Crippen LogP contribution is -2.49. The van der Waals surface area contributed by atoms with Crippen molar-refractivity contribution >= 4 is 29.1 Å². The van der Waals surface area contributed by atoms with Crippen LogP contribution < -0.4 is 5.32 Å². The first-order valence-corrected chi connectivity index (χ1v) is 8.12. The predicted octanol–water partition coefficient (Wildman–Crippen LogP) is 2.01. The van der Waals surface area contributed by atoms with Crippen LogP contribution in [-0.2, 0) is 9.53 Å². The molecule has 5 nitrogen and oxygen atoms in total. The minimum Gasteiger partial charge on any atom is -0.465 e. The summed E-state index contributed by atoms with van der Waals surface area (Å²) in [6.07, 6.45) is 2.59. The minimum absolute atomic E-state index is 0.131. The topological polar surface area (TPSA) is 64.1 Å². The maximum Gasteiger partial charge on any atom is 0.326 e. The molecule has 1 aliphatic rings. The number of ether oxygens (including phenoxy) is 1. The Balaban J connectivity index is 1.99. The fraction of sp³-hybridized carbons (Fsp3) is 0.750. The smallest absolute Gasteiger partial charge is 0.326 e. The number of carbonyl (C=O) groups is 1. The maximum atomic E-state index is 12.1. The average molecular weight is 301 g/mol. The van der Waals surface area contributed by atoms with Gasteiger partial charge in [0.05, 0.1) is 6.61 Å². The Morgan fingerprint density at radius 3 is 3.00 bits per heavy atom. The summed E-state index contributed by atoms with van der Waals surface area (Å²) in [6.45, 7) is 4.22. The normalized spacial score (nSPS) is 26.6. The van der Waals surface area contributed by atoms with E-state index in [-0.39, 0.29) is 5.97 Å². The van der Waals surface area contributed by atoms with E-state index in [4.69, 9.17) is 4.74 Å². The molecule has 1 fully saturated rings.